The van der Waals surface area contributed by atoms with E-state index < -0.39 is 6.10 Å². The first-order valence-electron chi connectivity index (χ1n) is 8.07. The maximum Gasteiger partial charge on any atom is 0.224 e. The summed E-state index contributed by atoms with van der Waals surface area (Å²) >= 11 is 0. The molecule has 0 bridgehead atoms. The summed E-state index contributed by atoms with van der Waals surface area (Å²) in [5, 5.41) is 15.8. The van der Waals surface area contributed by atoms with Crippen LogP contribution in [0.3, 0.4) is 0 Å². The van der Waals surface area contributed by atoms with Gasteiger partial charge in [-0.25, -0.2) is 0 Å². The van der Waals surface area contributed by atoms with Crippen molar-refractivity contribution in [1.29, 1.82) is 0 Å². The Hall–Kier alpha value is -1.79. The van der Waals surface area contributed by atoms with Gasteiger partial charge in [-0.15, -0.1) is 0 Å². The van der Waals surface area contributed by atoms with Gasteiger partial charge in [-0.3, -0.25) is 4.79 Å². The molecule has 0 aliphatic rings. The zero-order valence-electron chi connectivity index (χ0n) is 14.4. The van der Waals surface area contributed by atoms with Gasteiger partial charge in [-0.2, -0.15) is 0 Å². The van der Waals surface area contributed by atoms with Gasteiger partial charge in [0.1, 0.15) is 12.7 Å². The topological polar surface area (TPSA) is 79.8 Å². The maximum absolute atomic E-state index is 11.5. The van der Waals surface area contributed by atoms with Gasteiger partial charge in [0.25, 0.3) is 0 Å². The molecule has 0 heterocycles. The lowest BCUT2D eigenvalue weighted by Gasteiger charge is -2.17. The van der Waals surface area contributed by atoms with E-state index in [0.29, 0.717) is 42.8 Å². The van der Waals surface area contributed by atoms with Crippen LogP contribution in [-0.2, 0) is 4.79 Å². The molecule has 3 N–H and O–H groups in total. The summed E-state index contributed by atoms with van der Waals surface area (Å²) in [6.45, 7) is 8.82. The van der Waals surface area contributed by atoms with E-state index in [4.69, 9.17) is 9.47 Å². The summed E-state index contributed by atoms with van der Waals surface area (Å²) in [5.74, 6) is 1.03. The Bertz CT molecular complexity index is 491. The van der Waals surface area contributed by atoms with Crippen LogP contribution < -0.4 is 20.1 Å². The molecule has 0 fully saturated rings. The third-order valence-corrected chi connectivity index (χ3v) is 3.04. The minimum atomic E-state index is -0.605. The Morgan fingerprint density at radius 2 is 1.96 bits per heavy atom. The predicted molar refractivity (Wildman–Crippen MR) is 91.2 cm³/mol. The van der Waals surface area contributed by atoms with Crippen molar-refractivity contribution in [1.82, 2.24) is 5.32 Å². The number of anilines is 1. The van der Waals surface area contributed by atoms with Gasteiger partial charge in [0.15, 0.2) is 11.5 Å². The summed E-state index contributed by atoms with van der Waals surface area (Å²) in [4.78, 5) is 11.5. The first-order valence-corrected chi connectivity index (χ1v) is 8.07. The van der Waals surface area contributed by atoms with Crippen LogP contribution in [0.5, 0.6) is 11.5 Å². The van der Waals surface area contributed by atoms with E-state index in [1.165, 1.54) is 0 Å². The molecule has 1 atom stereocenters. The molecule has 1 amide bonds. The normalized spacial score (nSPS) is 12.1. The quantitative estimate of drug-likeness (QED) is 0.615. The zero-order valence-corrected chi connectivity index (χ0v) is 14.4. The highest BCUT2D eigenvalue weighted by molar-refractivity contribution is 5.90. The standard InChI is InChI=1S/C17H28N2O4/c1-5-17(21)19-13-7-8-15(16(9-13)22-6-2)23-11-14(20)10-18-12(3)4/h7-9,12,14,18,20H,5-6,10-11H2,1-4H3,(H,19,21). The molecular formula is C17H28N2O4. The van der Waals surface area contributed by atoms with Gasteiger partial charge in [-0.05, 0) is 19.1 Å². The average Bonchev–Trinajstić information content (AvgIpc) is 2.52. The predicted octanol–water partition coefficient (Wildman–Crippen LogP) is 2.17. The second-order valence-corrected chi connectivity index (χ2v) is 5.52. The Morgan fingerprint density at radius 3 is 2.57 bits per heavy atom. The van der Waals surface area contributed by atoms with Gasteiger partial charge in [0.2, 0.25) is 5.91 Å². The van der Waals surface area contributed by atoms with Gasteiger partial charge in [0.05, 0.1) is 6.61 Å². The molecule has 1 unspecified atom stereocenters. The third kappa shape index (κ3) is 7.34. The van der Waals surface area contributed by atoms with Crippen molar-refractivity contribution in [2.24, 2.45) is 0 Å². The molecule has 23 heavy (non-hydrogen) atoms. The van der Waals surface area contributed by atoms with Gasteiger partial charge in [-0.1, -0.05) is 20.8 Å². The van der Waals surface area contributed by atoms with Gasteiger partial charge < -0.3 is 25.2 Å². The summed E-state index contributed by atoms with van der Waals surface area (Å²) in [5.41, 5.74) is 0.662. The summed E-state index contributed by atoms with van der Waals surface area (Å²) in [6.07, 6.45) is -0.191. The number of aliphatic hydroxyl groups excluding tert-OH is 1. The molecule has 0 saturated heterocycles. The number of carbonyl (C=O) groups excluding carboxylic acids is 1. The highest BCUT2D eigenvalue weighted by Gasteiger charge is 2.11. The Labute approximate surface area is 138 Å². The lowest BCUT2D eigenvalue weighted by Crippen LogP contribution is -2.35. The van der Waals surface area contributed by atoms with E-state index in [2.05, 4.69) is 10.6 Å². The maximum atomic E-state index is 11.5. The van der Waals surface area contributed by atoms with E-state index in [0.717, 1.165) is 0 Å². The fourth-order valence-electron chi connectivity index (χ4n) is 1.84. The molecule has 6 heteroatoms. The molecule has 1 rings (SSSR count). The van der Waals surface area contributed by atoms with Crippen LogP contribution in [0.25, 0.3) is 0 Å². The number of amides is 1. The first kappa shape index (κ1) is 19.3. The SMILES string of the molecule is CCOc1cc(NC(=O)CC)ccc1OCC(O)CNC(C)C. The molecule has 0 aromatic heterocycles. The van der Waals surface area contributed by atoms with E-state index >= 15 is 0 Å². The van der Waals surface area contributed by atoms with Crippen molar-refractivity contribution < 1.29 is 19.4 Å². The Morgan fingerprint density at radius 1 is 1.22 bits per heavy atom. The van der Waals surface area contributed by atoms with E-state index in [-0.39, 0.29) is 12.5 Å². The van der Waals surface area contributed by atoms with Crippen molar-refractivity contribution in [3.63, 3.8) is 0 Å². The molecule has 130 valence electrons. The minimum Gasteiger partial charge on any atom is -0.490 e. The second kappa shape index (κ2) is 10.1. The molecule has 6 nitrogen and oxygen atoms in total. The van der Waals surface area contributed by atoms with E-state index in [9.17, 15) is 9.90 Å². The highest BCUT2D eigenvalue weighted by atomic mass is 16.5. The number of carbonyl (C=O) groups is 1. The number of aliphatic hydroxyl groups is 1. The molecule has 1 aromatic carbocycles. The van der Waals surface area contributed by atoms with Crippen LogP contribution in [0.4, 0.5) is 5.69 Å². The summed E-state index contributed by atoms with van der Waals surface area (Å²) in [6, 6.07) is 5.53. The number of hydrogen-bond donors (Lipinski definition) is 3. The van der Waals surface area contributed by atoms with Crippen molar-refractivity contribution in [3.8, 4) is 11.5 Å². The lowest BCUT2D eigenvalue weighted by molar-refractivity contribution is -0.115. The largest absolute Gasteiger partial charge is 0.490 e. The van der Waals surface area contributed by atoms with Crippen LogP contribution in [0.2, 0.25) is 0 Å². The molecule has 0 aliphatic carbocycles. The number of benzene rings is 1. The molecule has 0 spiro atoms. The number of nitrogens with one attached hydrogen (secondary N) is 2. The fourth-order valence-corrected chi connectivity index (χ4v) is 1.84. The van der Waals surface area contributed by atoms with E-state index in [1.54, 1.807) is 25.1 Å². The monoisotopic (exact) mass is 324 g/mol. The van der Waals surface area contributed by atoms with Gasteiger partial charge in [0, 0.05) is 30.8 Å². The molecule has 0 saturated carbocycles. The summed E-state index contributed by atoms with van der Waals surface area (Å²) < 4.78 is 11.2. The minimum absolute atomic E-state index is 0.0590. The molecular weight excluding hydrogens is 296 g/mol. The van der Waals surface area contributed by atoms with Crippen LogP contribution in [0.1, 0.15) is 34.1 Å². The van der Waals surface area contributed by atoms with Crippen LogP contribution in [0.15, 0.2) is 18.2 Å². The Kier molecular flexibility index (Phi) is 8.43. The number of ether oxygens (including phenoxy) is 2. The fraction of sp³-hybridized carbons (Fsp3) is 0.588. The number of hydrogen-bond acceptors (Lipinski definition) is 5. The van der Waals surface area contributed by atoms with E-state index in [1.807, 2.05) is 20.8 Å². The molecule has 0 aliphatic heterocycles. The second-order valence-electron chi connectivity index (χ2n) is 5.52. The third-order valence-electron chi connectivity index (χ3n) is 3.04. The zero-order chi connectivity index (χ0) is 17.2. The van der Waals surface area contributed by atoms with Crippen molar-refractivity contribution in [3.05, 3.63) is 18.2 Å². The number of rotatable bonds is 10. The van der Waals surface area contributed by atoms with Crippen LogP contribution in [0, 0.1) is 0 Å². The molecule has 1 aromatic rings. The van der Waals surface area contributed by atoms with Crippen LogP contribution in [-0.4, -0.2) is 42.9 Å². The highest BCUT2D eigenvalue weighted by Crippen LogP contribution is 2.30. The van der Waals surface area contributed by atoms with Crippen LogP contribution >= 0.6 is 0 Å². The van der Waals surface area contributed by atoms with Crippen molar-refractivity contribution in [2.75, 3.05) is 25.1 Å². The smallest absolute Gasteiger partial charge is 0.224 e. The molecule has 0 radical (unpaired) electrons. The lowest BCUT2D eigenvalue weighted by atomic mass is 10.2. The van der Waals surface area contributed by atoms with Crippen molar-refractivity contribution in [2.45, 2.75) is 46.3 Å². The van der Waals surface area contributed by atoms with Crippen molar-refractivity contribution >= 4 is 11.6 Å². The van der Waals surface area contributed by atoms with Gasteiger partial charge >= 0.3 is 0 Å². The summed E-state index contributed by atoms with van der Waals surface area (Å²) in [7, 11) is 0. The average molecular weight is 324 g/mol. The first-order chi connectivity index (χ1) is 11.0. The Balaban J connectivity index is 2.67.